The number of nitrogens with one attached hydrogen (secondary N) is 1. The number of aromatic nitrogens is 2. The summed E-state index contributed by atoms with van der Waals surface area (Å²) < 4.78 is 16.6. The summed E-state index contributed by atoms with van der Waals surface area (Å²) >= 11 is 0. The van der Waals surface area contributed by atoms with Crippen molar-refractivity contribution in [1.82, 2.24) is 15.4 Å². The Balaban J connectivity index is 1.62. The van der Waals surface area contributed by atoms with E-state index in [1.165, 1.54) is 0 Å². The zero-order valence-electron chi connectivity index (χ0n) is 15.9. The zero-order valence-corrected chi connectivity index (χ0v) is 15.9. The summed E-state index contributed by atoms with van der Waals surface area (Å²) in [4.78, 5) is 21.0. The summed E-state index contributed by atoms with van der Waals surface area (Å²) in [6.45, 7) is 0.927. The molecule has 1 aromatic carbocycles. The van der Waals surface area contributed by atoms with Crippen molar-refractivity contribution in [3.63, 3.8) is 0 Å². The van der Waals surface area contributed by atoms with Gasteiger partial charge < -0.3 is 14.2 Å². The van der Waals surface area contributed by atoms with Gasteiger partial charge in [-0.3, -0.25) is 10.0 Å². The van der Waals surface area contributed by atoms with Gasteiger partial charge in [0.25, 0.3) is 5.91 Å². The number of methoxy groups -OCH3 is 1. The molecule has 0 spiro atoms. The largest absolute Gasteiger partial charge is 0.481 e. The molecule has 0 bridgehead atoms. The number of hydrogen-bond acceptors (Lipinski definition) is 7. The Kier molecular flexibility index (Phi) is 5.28. The van der Waals surface area contributed by atoms with Crippen LogP contribution >= 0.6 is 0 Å². The van der Waals surface area contributed by atoms with Crippen LogP contribution in [-0.4, -0.2) is 41.4 Å². The van der Waals surface area contributed by atoms with Gasteiger partial charge in [0.1, 0.15) is 11.5 Å². The normalized spacial score (nSPS) is 15.7. The predicted molar refractivity (Wildman–Crippen MR) is 104 cm³/mol. The molecular weight excluding hydrogens is 374 g/mol. The van der Waals surface area contributed by atoms with E-state index >= 15 is 0 Å². The highest BCUT2D eigenvalue weighted by atomic mass is 16.5. The lowest BCUT2D eigenvalue weighted by molar-refractivity contribution is -0.139. The van der Waals surface area contributed by atoms with Crippen LogP contribution < -0.4 is 15.0 Å². The van der Waals surface area contributed by atoms with E-state index in [1.807, 2.05) is 23.7 Å². The van der Waals surface area contributed by atoms with Crippen LogP contribution in [0.25, 0.3) is 11.0 Å². The number of carbonyl (C=O) groups is 1. The lowest BCUT2D eigenvalue weighted by Gasteiger charge is -2.35. The van der Waals surface area contributed by atoms with Crippen LogP contribution in [0.1, 0.15) is 18.4 Å². The highest BCUT2D eigenvalue weighted by Crippen LogP contribution is 2.37. The fourth-order valence-corrected chi connectivity index (χ4v) is 3.63. The molecule has 3 aromatic rings. The van der Waals surface area contributed by atoms with E-state index in [9.17, 15) is 10.0 Å². The number of fused-ring (bicyclic) bond motifs is 1. The van der Waals surface area contributed by atoms with Crippen molar-refractivity contribution in [1.29, 1.82) is 0 Å². The van der Waals surface area contributed by atoms with Crippen molar-refractivity contribution in [2.45, 2.75) is 18.3 Å². The molecule has 150 valence electrons. The number of ether oxygens (including phenoxy) is 3. The smallest absolute Gasteiger partial charge is 0.254 e. The molecule has 2 aromatic heterocycles. The number of nitrogens with zero attached hydrogens (tertiary/aromatic N) is 2. The quantitative estimate of drug-likeness (QED) is 0.506. The van der Waals surface area contributed by atoms with E-state index < -0.39 is 11.3 Å². The van der Waals surface area contributed by atoms with Gasteiger partial charge in [-0.05, 0) is 42.7 Å². The Morgan fingerprint density at radius 2 is 1.90 bits per heavy atom. The van der Waals surface area contributed by atoms with E-state index in [-0.39, 0.29) is 0 Å². The lowest BCUT2D eigenvalue weighted by Crippen LogP contribution is -2.47. The summed E-state index contributed by atoms with van der Waals surface area (Å²) in [7, 11) is 1.55. The van der Waals surface area contributed by atoms with E-state index in [2.05, 4.69) is 9.97 Å². The number of amides is 1. The Morgan fingerprint density at radius 1 is 1.14 bits per heavy atom. The average Bonchev–Trinajstić information content (AvgIpc) is 2.79. The number of carbonyl (C=O) groups excluding carboxylic acids is 1. The van der Waals surface area contributed by atoms with Gasteiger partial charge in [-0.1, -0.05) is 12.1 Å². The van der Waals surface area contributed by atoms with Gasteiger partial charge in [0.05, 0.1) is 17.9 Å². The third kappa shape index (κ3) is 3.59. The SMILES string of the molecule is COc1ccc2c(Oc3ccc(C4(C(=O)NO)CCOCC4)cc3)ccnc2n1. The topological polar surface area (TPSA) is 103 Å². The molecule has 0 radical (unpaired) electrons. The van der Waals surface area contributed by atoms with E-state index in [0.29, 0.717) is 49.1 Å². The van der Waals surface area contributed by atoms with Gasteiger partial charge in [-0.15, -0.1) is 0 Å². The Bertz CT molecular complexity index is 1020. The van der Waals surface area contributed by atoms with Crippen molar-refractivity contribution in [2.75, 3.05) is 20.3 Å². The second kappa shape index (κ2) is 8.02. The van der Waals surface area contributed by atoms with Crippen LogP contribution in [0.3, 0.4) is 0 Å². The fraction of sp³-hybridized carbons (Fsp3) is 0.286. The van der Waals surface area contributed by atoms with Gasteiger partial charge in [-0.25, -0.2) is 10.5 Å². The third-order valence-corrected chi connectivity index (χ3v) is 5.26. The van der Waals surface area contributed by atoms with Crippen LogP contribution in [0.5, 0.6) is 17.4 Å². The molecule has 3 heterocycles. The summed E-state index contributed by atoms with van der Waals surface area (Å²) in [6.07, 6.45) is 2.63. The van der Waals surface area contributed by atoms with Crippen molar-refractivity contribution in [3.05, 3.63) is 54.2 Å². The van der Waals surface area contributed by atoms with Gasteiger partial charge in [0.2, 0.25) is 5.88 Å². The van der Waals surface area contributed by atoms with Crippen LogP contribution in [0.15, 0.2) is 48.7 Å². The number of hydrogen-bond donors (Lipinski definition) is 2. The Hall–Kier alpha value is -3.23. The molecule has 1 fully saturated rings. The summed E-state index contributed by atoms with van der Waals surface area (Å²) in [6, 6.07) is 12.7. The van der Waals surface area contributed by atoms with Crippen LogP contribution in [0, 0.1) is 0 Å². The molecule has 0 saturated carbocycles. The second-order valence-electron chi connectivity index (χ2n) is 6.80. The number of rotatable bonds is 5. The molecule has 8 nitrogen and oxygen atoms in total. The zero-order chi connectivity index (χ0) is 20.3. The lowest BCUT2D eigenvalue weighted by atomic mass is 9.73. The Labute approximate surface area is 167 Å². The van der Waals surface area contributed by atoms with Crippen LogP contribution in [0.4, 0.5) is 0 Å². The summed E-state index contributed by atoms with van der Waals surface area (Å²) in [5.41, 5.74) is 2.34. The minimum absolute atomic E-state index is 0.422. The van der Waals surface area contributed by atoms with E-state index in [4.69, 9.17) is 14.2 Å². The minimum Gasteiger partial charge on any atom is -0.481 e. The van der Waals surface area contributed by atoms with Gasteiger partial charge in [0, 0.05) is 25.5 Å². The van der Waals surface area contributed by atoms with E-state index in [0.717, 1.165) is 10.9 Å². The summed E-state index contributed by atoms with van der Waals surface area (Å²) in [5, 5.41) is 9.98. The first-order valence-corrected chi connectivity index (χ1v) is 9.27. The number of pyridine rings is 2. The molecule has 4 rings (SSSR count). The van der Waals surface area contributed by atoms with Gasteiger partial charge >= 0.3 is 0 Å². The van der Waals surface area contributed by atoms with Gasteiger partial charge in [-0.2, -0.15) is 4.98 Å². The molecule has 1 amide bonds. The third-order valence-electron chi connectivity index (χ3n) is 5.26. The van der Waals surface area contributed by atoms with Crippen molar-refractivity contribution in [2.24, 2.45) is 0 Å². The average molecular weight is 395 g/mol. The first-order valence-electron chi connectivity index (χ1n) is 9.27. The highest BCUT2D eigenvalue weighted by Gasteiger charge is 2.41. The van der Waals surface area contributed by atoms with Crippen LogP contribution in [0.2, 0.25) is 0 Å². The maximum Gasteiger partial charge on any atom is 0.254 e. The highest BCUT2D eigenvalue weighted by molar-refractivity contribution is 5.87. The van der Waals surface area contributed by atoms with Crippen LogP contribution in [-0.2, 0) is 14.9 Å². The number of hydroxylamine groups is 1. The molecule has 1 aliphatic rings. The van der Waals surface area contributed by atoms with Crippen molar-refractivity contribution < 1.29 is 24.2 Å². The first kappa shape index (κ1) is 19.1. The molecule has 8 heteroatoms. The predicted octanol–water partition coefficient (Wildman–Crippen LogP) is 2.98. The second-order valence-corrected chi connectivity index (χ2v) is 6.80. The summed E-state index contributed by atoms with van der Waals surface area (Å²) in [5.74, 6) is 1.29. The van der Waals surface area contributed by atoms with E-state index in [1.54, 1.807) is 37.6 Å². The molecule has 2 N–H and O–H groups in total. The molecule has 0 unspecified atom stereocenters. The monoisotopic (exact) mass is 395 g/mol. The Morgan fingerprint density at radius 3 is 2.59 bits per heavy atom. The van der Waals surface area contributed by atoms with Crippen molar-refractivity contribution >= 4 is 16.9 Å². The van der Waals surface area contributed by atoms with Crippen molar-refractivity contribution in [3.8, 4) is 17.4 Å². The molecule has 1 aliphatic heterocycles. The minimum atomic E-state index is -0.810. The molecular formula is C21H21N3O5. The molecule has 29 heavy (non-hydrogen) atoms. The standard InChI is InChI=1S/C21H21N3O5/c1-27-18-7-6-16-17(8-11-22-19(16)23-18)29-15-4-2-14(3-5-15)21(20(25)24-26)9-12-28-13-10-21/h2-8,11,26H,9-10,12-13H2,1H3,(H,24,25). The maximum atomic E-state index is 12.4. The molecule has 0 aliphatic carbocycles. The van der Waals surface area contributed by atoms with Gasteiger partial charge in [0.15, 0.2) is 5.65 Å². The first-order chi connectivity index (χ1) is 14.2. The maximum absolute atomic E-state index is 12.4. The fourth-order valence-electron chi connectivity index (χ4n) is 3.63. The number of benzene rings is 1. The molecule has 0 atom stereocenters. The molecule has 1 saturated heterocycles.